The summed E-state index contributed by atoms with van der Waals surface area (Å²) in [6.45, 7) is 0.556. The maximum atomic E-state index is 12.7. The van der Waals surface area contributed by atoms with Crippen molar-refractivity contribution in [1.29, 1.82) is 0 Å². The molecular weight excluding hydrogens is 434 g/mol. The fourth-order valence-electron chi connectivity index (χ4n) is 4.30. The molecule has 0 fully saturated rings. The fraction of sp³-hybridized carbons (Fsp3) is 0.174. The Morgan fingerprint density at radius 2 is 1.84 bits per heavy atom. The molecule has 0 unspecified atom stereocenters. The van der Waals surface area contributed by atoms with Crippen LogP contribution in [0.25, 0.3) is 22.0 Å². The lowest BCUT2D eigenvalue weighted by Crippen LogP contribution is -2.16. The van der Waals surface area contributed by atoms with E-state index in [-0.39, 0.29) is 11.3 Å². The van der Waals surface area contributed by atoms with Gasteiger partial charge in [-0.1, -0.05) is 17.7 Å². The maximum Gasteiger partial charge on any atom is 0.274 e. The number of sulfone groups is 1. The van der Waals surface area contributed by atoms with Gasteiger partial charge in [0, 0.05) is 58.6 Å². The molecule has 0 saturated carbocycles. The third-order valence-electron chi connectivity index (χ3n) is 5.63. The molecule has 31 heavy (non-hydrogen) atoms. The summed E-state index contributed by atoms with van der Waals surface area (Å²) in [6, 6.07) is 13.3. The zero-order valence-electron chi connectivity index (χ0n) is 17.0. The molecule has 0 amide bonds. The Morgan fingerprint density at radius 3 is 2.55 bits per heavy atom. The van der Waals surface area contributed by atoms with E-state index in [9.17, 15) is 13.2 Å². The summed E-state index contributed by atoms with van der Waals surface area (Å²) < 4.78 is 25.4. The van der Waals surface area contributed by atoms with E-state index < -0.39 is 9.84 Å². The standard InChI is InChI=1S/C23H20ClN3O3S/c1-26-12-19-18-9-14(13-31(2,29)30)3-8-20(18)27(17-6-4-16(24)5-7-17)11-15-10-25-22(21(15)19)23(26)28/h3-10,12,25H,11,13H2,1-2H3. The van der Waals surface area contributed by atoms with Crippen LogP contribution in [0.2, 0.25) is 5.02 Å². The average Bonchev–Trinajstić information content (AvgIpc) is 3.07. The Balaban J connectivity index is 1.83. The van der Waals surface area contributed by atoms with Crippen molar-refractivity contribution in [1.82, 2.24) is 9.55 Å². The predicted octanol–water partition coefficient (Wildman–Crippen LogP) is 4.38. The van der Waals surface area contributed by atoms with Gasteiger partial charge in [-0.05, 0) is 47.5 Å². The van der Waals surface area contributed by atoms with Crippen LogP contribution in [-0.2, 0) is 29.2 Å². The highest BCUT2D eigenvalue weighted by molar-refractivity contribution is 7.89. The van der Waals surface area contributed by atoms with E-state index in [0.29, 0.717) is 22.6 Å². The van der Waals surface area contributed by atoms with Crippen molar-refractivity contribution in [2.75, 3.05) is 11.2 Å². The van der Waals surface area contributed by atoms with Crippen molar-refractivity contribution in [2.24, 2.45) is 7.05 Å². The number of nitrogens with one attached hydrogen (secondary N) is 1. The van der Waals surface area contributed by atoms with Gasteiger partial charge < -0.3 is 14.5 Å². The fourth-order valence-corrected chi connectivity index (χ4v) is 5.21. The van der Waals surface area contributed by atoms with E-state index in [4.69, 9.17) is 11.6 Å². The number of nitrogens with zero attached hydrogens (tertiary/aromatic N) is 2. The molecule has 0 bridgehead atoms. The van der Waals surface area contributed by atoms with Crippen LogP contribution in [0.1, 0.15) is 11.1 Å². The molecule has 0 radical (unpaired) electrons. The van der Waals surface area contributed by atoms with Crippen LogP contribution in [0.5, 0.6) is 0 Å². The van der Waals surface area contributed by atoms with E-state index in [1.165, 1.54) is 6.26 Å². The minimum Gasteiger partial charge on any atom is -0.356 e. The first kappa shape index (κ1) is 19.9. The number of H-pyrrole nitrogens is 1. The monoisotopic (exact) mass is 453 g/mol. The lowest BCUT2D eigenvalue weighted by atomic mass is 9.99. The third kappa shape index (κ3) is 3.43. The summed E-state index contributed by atoms with van der Waals surface area (Å²) in [7, 11) is -1.47. The molecule has 2 aromatic carbocycles. The van der Waals surface area contributed by atoms with Crippen molar-refractivity contribution in [3.05, 3.63) is 81.4 Å². The number of halogens is 1. The summed E-state index contributed by atoms with van der Waals surface area (Å²) in [5.41, 5.74) is 5.83. The molecule has 0 atom stereocenters. The van der Waals surface area contributed by atoms with Gasteiger partial charge in [-0.25, -0.2) is 8.42 Å². The smallest absolute Gasteiger partial charge is 0.274 e. The number of fused-ring (bicyclic) bond motifs is 2. The second-order valence-electron chi connectivity index (χ2n) is 8.01. The number of aryl methyl sites for hydroxylation is 1. The second-order valence-corrected chi connectivity index (χ2v) is 10.6. The largest absolute Gasteiger partial charge is 0.356 e. The Hall–Kier alpha value is -3.03. The normalized spacial score (nSPS) is 13.3. The summed E-state index contributed by atoms with van der Waals surface area (Å²) in [4.78, 5) is 18.0. The molecule has 1 N–H and O–H groups in total. The number of benzene rings is 2. The second kappa shape index (κ2) is 7.00. The van der Waals surface area contributed by atoms with E-state index in [2.05, 4.69) is 9.88 Å². The van der Waals surface area contributed by atoms with E-state index in [1.807, 2.05) is 54.9 Å². The Labute approximate surface area is 184 Å². The van der Waals surface area contributed by atoms with Crippen LogP contribution in [0.4, 0.5) is 11.4 Å². The average molecular weight is 454 g/mol. The predicted molar refractivity (Wildman–Crippen MR) is 125 cm³/mol. The molecule has 158 valence electrons. The number of hydrogen-bond acceptors (Lipinski definition) is 4. The zero-order chi connectivity index (χ0) is 21.9. The lowest BCUT2D eigenvalue weighted by Gasteiger charge is -2.26. The van der Waals surface area contributed by atoms with E-state index >= 15 is 0 Å². The number of aromatic nitrogens is 2. The number of hydrogen-bond donors (Lipinski definition) is 1. The van der Waals surface area contributed by atoms with Crippen LogP contribution in [0, 0.1) is 0 Å². The summed E-state index contributed by atoms with van der Waals surface area (Å²) >= 11 is 6.10. The first-order chi connectivity index (χ1) is 14.7. The molecule has 6 nitrogen and oxygen atoms in total. The van der Waals surface area contributed by atoms with Gasteiger partial charge >= 0.3 is 0 Å². The highest BCUT2D eigenvalue weighted by Gasteiger charge is 2.26. The zero-order valence-corrected chi connectivity index (χ0v) is 18.6. The number of pyridine rings is 1. The van der Waals surface area contributed by atoms with E-state index in [0.717, 1.165) is 33.5 Å². The van der Waals surface area contributed by atoms with E-state index in [1.54, 1.807) is 11.6 Å². The van der Waals surface area contributed by atoms with Gasteiger partial charge in [-0.2, -0.15) is 0 Å². The van der Waals surface area contributed by atoms with Crippen molar-refractivity contribution in [2.45, 2.75) is 12.3 Å². The molecule has 5 rings (SSSR count). The van der Waals surface area contributed by atoms with Crippen LogP contribution in [0.15, 0.2) is 59.7 Å². The van der Waals surface area contributed by atoms with Crippen LogP contribution in [0.3, 0.4) is 0 Å². The van der Waals surface area contributed by atoms with Crippen molar-refractivity contribution >= 4 is 43.7 Å². The van der Waals surface area contributed by atoms with Gasteiger partial charge in [0.25, 0.3) is 5.56 Å². The molecule has 0 aliphatic carbocycles. The van der Waals surface area contributed by atoms with Crippen LogP contribution < -0.4 is 10.5 Å². The molecule has 4 aromatic rings. The number of rotatable bonds is 3. The Kier molecular flexibility index (Phi) is 4.50. The molecule has 0 spiro atoms. The van der Waals surface area contributed by atoms with Gasteiger partial charge in [-0.3, -0.25) is 4.79 Å². The molecule has 1 aliphatic heterocycles. The Morgan fingerprint density at radius 1 is 1.10 bits per heavy atom. The van der Waals surface area contributed by atoms with Crippen LogP contribution >= 0.6 is 11.6 Å². The van der Waals surface area contributed by atoms with Crippen molar-refractivity contribution in [3.63, 3.8) is 0 Å². The summed E-state index contributed by atoms with van der Waals surface area (Å²) in [5.74, 6) is -0.0455. The van der Waals surface area contributed by atoms with Gasteiger partial charge in [0.1, 0.15) is 5.52 Å². The topological polar surface area (TPSA) is 75.2 Å². The van der Waals surface area contributed by atoms with Gasteiger partial charge in [0.05, 0.1) is 12.3 Å². The first-order valence-corrected chi connectivity index (χ1v) is 12.2. The third-order valence-corrected chi connectivity index (χ3v) is 6.74. The first-order valence-electron chi connectivity index (χ1n) is 9.75. The SMILES string of the molecule is Cn1cc2c3c(c[nH]c3c1=O)CN(c1ccc(Cl)cc1)c1ccc(CS(C)(=O)=O)cc1-2. The molecular formula is C23H20ClN3O3S. The van der Waals surface area contributed by atoms with Gasteiger partial charge in [-0.15, -0.1) is 0 Å². The van der Waals surface area contributed by atoms with Crippen molar-refractivity contribution < 1.29 is 8.42 Å². The molecule has 3 heterocycles. The highest BCUT2D eigenvalue weighted by atomic mass is 35.5. The number of aromatic amines is 1. The molecule has 1 aliphatic rings. The molecule has 0 saturated heterocycles. The van der Waals surface area contributed by atoms with Gasteiger partial charge in [0.2, 0.25) is 0 Å². The minimum absolute atomic E-state index is 0.0455. The quantitative estimate of drug-likeness (QED) is 0.499. The summed E-state index contributed by atoms with van der Waals surface area (Å²) in [5, 5.41) is 1.52. The molecule has 2 aromatic heterocycles. The Bertz CT molecular complexity index is 1500. The minimum atomic E-state index is -3.19. The lowest BCUT2D eigenvalue weighted by molar-refractivity contribution is 0.601. The van der Waals surface area contributed by atoms with Gasteiger partial charge in [0.15, 0.2) is 9.84 Å². The molecule has 8 heteroatoms. The number of anilines is 2. The van der Waals surface area contributed by atoms with Crippen LogP contribution in [-0.4, -0.2) is 24.2 Å². The summed E-state index contributed by atoms with van der Waals surface area (Å²) in [6.07, 6.45) is 4.94. The van der Waals surface area contributed by atoms with Crippen molar-refractivity contribution in [3.8, 4) is 11.1 Å². The maximum absolute atomic E-state index is 12.7. The highest BCUT2D eigenvalue weighted by Crippen LogP contribution is 2.43.